The van der Waals surface area contributed by atoms with Gasteiger partial charge in [-0.1, -0.05) is 0 Å². The highest BCUT2D eigenvalue weighted by atomic mass is 127. The third kappa shape index (κ3) is 5.93. The van der Waals surface area contributed by atoms with Crippen LogP contribution in [0, 0.1) is 20.6 Å². The molecule has 0 aliphatic carbocycles. The van der Waals surface area contributed by atoms with Crippen LogP contribution in [-0.2, 0) is 16.1 Å². The van der Waals surface area contributed by atoms with Gasteiger partial charge in [0.05, 0.1) is 16.0 Å². The molecule has 184 valence electrons. The van der Waals surface area contributed by atoms with E-state index in [0.717, 1.165) is 20.3 Å². The molecule has 1 aliphatic heterocycles. The van der Waals surface area contributed by atoms with Crippen molar-refractivity contribution in [3.63, 3.8) is 0 Å². The molecule has 8 nitrogen and oxygen atoms in total. The summed E-state index contributed by atoms with van der Waals surface area (Å²) in [5, 5.41) is 10.9. The number of halogens is 2. The van der Waals surface area contributed by atoms with Gasteiger partial charge in [-0.2, -0.15) is 0 Å². The number of aryl methyl sites for hydroxylation is 1. The number of non-ortho nitro benzene ring substituents is 1. The fraction of sp³-hybridized carbons (Fsp3) is 0.154. The highest BCUT2D eigenvalue weighted by Gasteiger charge is 2.25. The molecule has 0 aromatic heterocycles. The standard InChI is InChI=1S/C26H20BrIN2O6/c1-3-34-23-13-17(11-20(27)24(23)35-14-16-4-7-19(8-5-16)30(32)33)12-22-26(31)36-25(29-22)18-6-9-21(28)15(2)10-18/h4-13H,3,14H2,1-2H3/b22-12-. The maximum Gasteiger partial charge on any atom is 0.363 e. The maximum atomic E-state index is 12.5. The van der Waals surface area contributed by atoms with E-state index in [-0.39, 0.29) is 23.9 Å². The molecule has 0 amide bonds. The van der Waals surface area contributed by atoms with E-state index in [1.807, 2.05) is 32.0 Å². The Morgan fingerprint density at radius 2 is 1.89 bits per heavy atom. The Balaban J connectivity index is 1.58. The third-order valence-corrected chi connectivity index (χ3v) is 6.99. The van der Waals surface area contributed by atoms with Crippen molar-refractivity contribution in [3.05, 3.63) is 101 Å². The van der Waals surface area contributed by atoms with Crippen molar-refractivity contribution in [2.24, 2.45) is 4.99 Å². The molecule has 4 rings (SSSR count). The Morgan fingerprint density at radius 1 is 1.14 bits per heavy atom. The van der Waals surface area contributed by atoms with Crippen LogP contribution in [0.2, 0.25) is 0 Å². The molecule has 0 saturated carbocycles. The third-order valence-electron chi connectivity index (χ3n) is 5.19. The van der Waals surface area contributed by atoms with Crippen LogP contribution in [0.4, 0.5) is 5.69 Å². The van der Waals surface area contributed by atoms with E-state index < -0.39 is 10.9 Å². The summed E-state index contributed by atoms with van der Waals surface area (Å²) in [6.07, 6.45) is 1.63. The number of rotatable bonds is 8. The van der Waals surface area contributed by atoms with Gasteiger partial charge in [-0.05, 0) is 118 Å². The van der Waals surface area contributed by atoms with E-state index in [9.17, 15) is 14.9 Å². The zero-order chi connectivity index (χ0) is 25.8. The van der Waals surface area contributed by atoms with Crippen LogP contribution in [0.15, 0.2) is 69.8 Å². The Bertz CT molecular complexity index is 1400. The van der Waals surface area contributed by atoms with E-state index >= 15 is 0 Å². The first-order chi connectivity index (χ1) is 17.2. The summed E-state index contributed by atoms with van der Waals surface area (Å²) in [5.41, 5.74) is 3.43. The number of nitrogens with zero attached hydrogens (tertiary/aromatic N) is 2. The molecule has 0 radical (unpaired) electrons. The first-order valence-corrected chi connectivity index (χ1v) is 12.7. The van der Waals surface area contributed by atoms with E-state index in [2.05, 4.69) is 43.5 Å². The minimum absolute atomic E-state index is 0.0146. The predicted molar refractivity (Wildman–Crippen MR) is 147 cm³/mol. The van der Waals surface area contributed by atoms with Gasteiger partial charge in [0, 0.05) is 21.3 Å². The summed E-state index contributed by atoms with van der Waals surface area (Å²) in [5.74, 6) is 0.682. The largest absolute Gasteiger partial charge is 0.490 e. The van der Waals surface area contributed by atoms with Crippen LogP contribution in [0.25, 0.3) is 6.08 Å². The lowest BCUT2D eigenvalue weighted by Crippen LogP contribution is -2.05. The van der Waals surface area contributed by atoms with Crippen molar-refractivity contribution in [2.45, 2.75) is 20.5 Å². The molecule has 3 aromatic carbocycles. The number of carbonyl (C=O) groups is 1. The molecule has 0 atom stereocenters. The molecule has 0 saturated heterocycles. The van der Waals surface area contributed by atoms with Gasteiger partial charge in [0.1, 0.15) is 6.61 Å². The average Bonchev–Trinajstić information content (AvgIpc) is 3.20. The van der Waals surface area contributed by atoms with E-state index in [1.165, 1.54) is 12.1 Å². The molecule has 36 heavy (non-hydrogen) atoms. The van der Waals surface area contributed by atoms with Gasteiger partial charge in [0.2, 0.25) is 5.90 Å². The predicted octanol–water partition coefficient (Wildman–Crippen LogP) is 6.59. The molecule has 0 unspecified atom stereocenters. The van der Waals surface area contributed by atoms with Crippen LogP contribution in [0.3, 0.4) is 0 Å². The SMILES string of the molecule is CCOc1cc(/C=C2\N=C(c3ccc(I)c(C)c3)OC2=O)cc(Br)c1OCc1ccc([N+](=O)[O-])cc1. The van der Waals surface area contributed by atoms with Gasteiger partial charge < -0.3 is 14.2 Å². The van der Waals surface area contributed by atoms with Gasteiger partial charge in [0.25, 0.3) is 5.69 Å². The van der Waals surface area contributed by atoms with Crippen molar-refractivity contribution in [2.75, 3.05) is 6.61 Å². The monoisotopic (exact) mass is 662 g/mol. The number of carbonyl (C=O) groups excluding carboxylic acids is 1. The van der Waals surface area contributed by atoms with Gasteiger partial charge in [-0.25, -0.2) is 9.79 Å². The van der Waals surface area contributed by atoms with Crippen LogP contribution >= 0.6 is 38.5 Å². The Morgan fingerprint density at radius 3 is 2.56 bits per heavy atom. The van der Waals surface area contributed by atoms with Gasteiger partial charge in [-0.15, -0.1) is 0 Å². The Hall–Kier alpha value is -3.25. The molecular weight excluding hydrogens is 643 g/mol. The van der Waals surface area contributed by atoms with Crippen LogP contribution in [0.5, 0.6) is 11.5 Å². The fourth-order valence-electron chi connectivity index (χ4n) is 3.41. The summed E-state index contributed by atoms with van der Waals surface area (Å²) in [4.78, 5) is 27.3. The summed E-state index contributed by atoms with van der Waals surface area (Å²) in [6, 6.07) is 15.4. The maximum absolute atomic E-state index is 12.5. The summed E-state index contributed by atoms with van der Waals surface area (Å²) >= 11 is 5.77. The minimum Gasteiger partial charge on any atom is -0.490 e. The molecule has 0 spiro atoms. The number of esters is 1. The number of nitro benzene ring substituents is 1. The molecule has 10 heteroatoms. The summed E-state index contributed by atoms with van der Waals surface area (Å²) < 4.78 is 18.9. The van der Waals surface area contributed by atoms with Crippen molar-refractivity contribution < 1.29 is 23.9 Å². The number of aliphatic imine (C=N–C) groups is 1. The van der Waals surface area contributed by atoms with Gasteiger partial charge in [0.15, 0.2) is 17.2 Å². The Labute approximate surface area is 229 Å². The molecule has 0 bridgehead atoms. The van der Waals surface area contributed by atoms with Crippen LogP contribution < -0.4 is 9.47 Å². The normalized spacial score (nSPS) is 13.9. The molecule has 0 fully saturated rings. The highest BCUT2D eigenvalue weighted by molar-refractivity contribution is 14.1. The Kier molecular flexibility index (Phi) is 8.04. The highest BCUT2D eigenvalue weighted by Crippen LogP contribution is 2.38. The lowest BCUT2D eigenvalue weighted by Gasteiger charge is -2.15. The molecule has 1 heterocycles. The van der Waals surface area contributed by atoms with Crippen molar-refractivity contribution in [1.82, 2.24) is 0 Å². The smallest absolute Gasteiger partial charge is 0.363 e. The zero-order valence-corrected chi connectivity index (χ0v) is 23.0. The topological polar surface area (TPSA) is 100 Å². The van der Waals surface area contributed by atoms with E-state index in [4.69, 9.17) is 14.2 Å². The first-order valence-electron chi connectivity index (χ1n) is 10.9. The second-order valence-electron chi connectivity index (χ2n) is 7.78. The number of cyclic esters (lactones) is 1. The number of ether oxygens (including phenoxy) is 3. The van der Waals surface area contributed by atoms with Gasteiger partial charge in [-0.3, -0.25) is 10.1 Å². The first kappa shape index (κ1) is 25.8. The van der Waals surface area contributed by atoms with Gasteiger partial charge >= 0.3 is 5.97 Å². The minimum atomic E-state index is -0.534. The molecule has 0 N–H and O–H groups in total. The van der Waals surface area contributed by atoms with Crippen LogP contribution in [-0.4, -0.2) is 23.4 Å². The zero-order valence-electron chi connectivity index (χ0n) is 19.3. The number of benzene rings is 3. The number of nitro groups is 1. The fourth-order valence-corrected chi connectivity index (χ4v) is 4.32. The molecular formula is C26H20BrIN2O6. The lowest BCUT2D eigenvalue weighted by atomic mass is 10.1. The molecule has 3 aromatic rings. The van der Waals surface area contributed by atoms with E-state index in [0.29, 0.717) is 28.1 Å². The van der Waals surface area contributed by atoms with E-state index in [1.54, 1.807) is 30.3 Å². The van der Waals surface area contributed by atoms with Crippen LogP contribution in [0.1, 0.15) is 29.2 Å². The van der Waals surface area contributed by atoms with Crippen molar-refractivity contribution in [3.8, 4) is 11.5 Å². The van der Waals surface area contributed by atoms with Crippen molar-refractivity contribution in [1.29, 1.82) is 0 Å². The lowest BCUT2D eigenvalue weighted by molar-refractivity contribution is -0.384. The second kappa shape index (κ2) is 11.2. The van der Waals surface area contributed by atoms with Crippen molar-refractivity contribution >= 4 is 62.2 Å². The second-order valence-corrected chi connectivity index (χ2v) is 9.79. The summed E-state index contributed by atoms with van der Waals surface area (Å²) in [7, 11) is 0. The summed E-state index contributed by atoms with van der Waals surface area (Å²) in [6.45, 7) is 4.42. The number of hydrogen-bond donors (Lipinski definition) is 0. The molecule has 1 aliphatic rings. The number of hydrogen-bond acceptors (Lipinski definition) is 7. The quantitative estimate of drug-likeness (QED) is 0.0887. The average molecular weight is 663 g/mol.